The number of halogens is 1. The number of pyridine rings is 1. The molecule has 0 aliphatic rings. The number of anilines is 1. The van der Waals surface area contributed by atoms with Crippen molar-refractivity contribution in [1.82, 2.24) is 9.38 Å². The molecule has 0 unspecified atom stereocenters. The average Bonchev–Trinajstić information content (AvgIpc) is 2.72. The Hall–Kier alpha value is -2.00. The number of rotatable bonds is 1. The first-order valence-corrected chi connectivity index (χ1v) is 6.45. The molecule has 3 aromatic rings. The average molecular weight is 272 g/mol. The van der Waals surface area contributed by atoms with E-state index in [4.69, 9.17) is 17.3 Å². The molecular formula is C15H14ClN3. The number of aromatic nitrogens is 2. The fraction of sp³-hybridized carbons (Fsp3) is 0.133. The third-order valence-electron chi connectivity index (χ3n) is 3.33. The first-order valence-electron chi connectivity index (χ1n) is 6.07. The maximum Gasteiger partial charge on any atom is 0.142 e. The summed E-state index contributed by atoms with van der Waals surface area (Å²) in [7, 11) is 0. The van der Waals surface area contributed by atoms with Crippen molar-refractivity contribution in [3.8, 4) is 11.3 Å². The van der Waals surface area contributed by atoms with Crippen molar-refractivity contribution in [2.24, 2.45) is 0 Å². The van der Waals surface area contributed by atoms with Gasteiger partial charge in [0.25, 0.3) is 0 Å². The predicted molar refractivity (Wildman–Crippen MR) is 79.5 cm³/mol. The summed E-state index contributed by atoms with van der Waals surface area (Å²) in [5, 5.41) is 0.727. The van der Waals surface area contributed by atoms with E-state index in [-0.39, 0.29) is 0 Å². The largest absolute Gasteiger partial charge is 0.383 e. The fourth-order valence-electron chi connectivity index (χ4n) is 2.17. The van der Waals surface area contributed by atoms with E-state index in [0.717, 1.165) is 33.1 Å². The topological polar surface area (TPSA) is 43.3 Å². The van der Waals surface area contributed by atoms with Crippen molar-refractivity contribution in [2.45, 2.75) is 13.8 Å². The van der Waals surface area contributed by atoms with Crippen LogP contribution in [0.15, 0.2) is 36.5 Å². The highest BCUT2D eigenvalue weighted by atomic mass is 35.5. The van der Waals surface area contributed by atoms with E-state index < -0.39 is 0 Å². The van der Waals surface area contributed by atoms with E-state index in [1.54, 1.807) is 0 Å². The number of fused-ring (bicyclic) bond motifs is 1. The van der Waals surface area contributed by atoms with E-state index >= 15 is 0 Å². The molecule has 0 aliphatic heterocycles. The van der Waals surface area contributed by atoms with Crippen molar-refractivity contribution < 1.29 is 0 Å². The highest BCUT2D eigenvalue weighted by Crippen LogP contribution is 2.30. The molecule has 19 heavy (non-hydrogen) atoms. The highest BCUT2D eigenvalue weighted by Gasteiger charge is 2.13. The Bertz CT molecular complexity index is 774. The summed E-state index contributed by atoms with van der Waals surface area (Å²) < 4.78 is 1.90. The van der Waals surface area contributed by atoms with Gasteiger partial charge in [-0.05, 0) is 37.1 Å². The van der Waals surface area contributed by atoms with Crippen LogP contribution in [0.5, 0.6) is 0 Å². The monoisotopic (exact) mass is 271 g/mol. The lowest BCUT2D eigenvalue weighted by Crippen LogP contribution is -1.94. The summed E-state index contributed by atoms with van der Waals surface area (Å²) >= 11 is 6.17. The van der Waals surface area contributed by atoms with Crippen molar-refractivity contribution in [3.63, 3.8) is 0 Å². The molecule has 0 amide bonds. The molecule has 3 rings (SSSR count). The van der Waals surface area contributed by atoms with Crippen LogP contribution in [0, 0.1) is 13.8 Å². The van der Waals surface area contributed by atoms with Crippen molar-refractivity contribution in [2.75, 3.05) is 5.73 Å². The van der Waals surface area contributed by atoms with Gasteiger partial charge in [0.1, 0.15) is 17.2 Å². The molecule has 0 fully saturated rings. The summed E-state index contributed by atoms with van der Waals surface area (Å²) in [6.07, 6.45) is 1.92. The third kappa shape index (κ3) is 1.87. The predicted octanol–water partition coefficient (Wildman–Crippen LogP) is 3.85. The molecule has 0 radical (unpaired) electrons. The SMILES string of the molecule is Cc1ccc(-c2nc3c(C)cccn3c2N)cc1Cl. The van der Waals surface area contributed by atoms with Crippen LogP contribution >= 0.6 is 11.6 Å². The Morgan fingerprint density at radius 1 is 1.16 bits per heavy atom. The zero-order valence-corrected chi connectivity index (χ0v) is 11.6. The number of imidazole rings is 1. The maximum absolute atomic E-state index is 6.19. The Labute approximate surface area is 116 Å². The minimum Gasteiger partial charge on any atom is -0.383 e. The Balaban J connectivity index is 2.28. The molecule has 0 saturated heterocycles. The molecule has 1 aromatic carbocycles. The normalized spacial score (nSPS) is 11.1. The van der Waals surface area contributed by atoms with Crippen molar-refractivity contribution in [1.29, 1.82) is 0 Å². The van der Waals surface area contributed by atoms with Gasteiger partial charge in [-0.25, -0.2) is 4.98 Å². The summed E-state index contributed by atoms with van der Waals surface area (Å²) in [5.74, 6) is 0.638. The second-order valence-electron chi connectivity index (χ2n) is 4.69. The first kappa shape index (κ1) is 12.1. The van der Waals surface area contributed by atoms with Crippen molar-refractivity contribution >= 4 is 23.1 Å². The van der Waals surface area contributed by atoms with E-state index in [1.807, 2.05) is 54.8 Å². The minimum absolute atomic E-state index is 0.638. The van der Waals surface area contributed by atoms with Gasteiger partial charge in [-0.2, -0.15) is 0 Å². The number of nitrogens with two attached hydrogens (primary N) is 1. The van der Waals surface area contributed by atoms with Crippen LogP contribution < -0.4 is 5.73 Å². The highest BCUT2D eigenvalue weighted by molar-refractivity contribution is 6.31. The van der Waals surface area contributed by atoms with Gasteiger partial charge in [0.15, 0.2) is 0 Å². The lowest BCUT2D eigenvalue weighted by Gasteiger charge is -2.02. The van der Waals surface area contributed by atoms with Crippen LogP contribution in [0.2, 0.25) is 5.02 Å². The lowest BCUT2D eigenvalue weighted by atomic mass is 10.1. The van der Waals surface area contributed by atoms with Gasteiger partial charge in [0.05, 0.1) is 0 Å². The van der Waals surface area contributed by atoms with E-state index in [2.05, 4.69) is 4.98 Å². The molecule has 0 spiro atoms. The van der Waals surface area contributed by atoms with E-state index in [9.17, 15) is 0 Å². The van der Waals surface area contributed by atoms with Crippen LogP contribution in [0.1, 0.15) is 11.1 Å². The van der Waals surface area contributed by atoms with Crippen LogP contribution in [0.4, 0.5) is 5.82 Å². The number of nitrogens with zero attached hydrogens (tertiary/aromatic N) is 2. The van der Waals surface area contributed by atoms with Gasteiger partial charge in [0, 0.05) is 16.8 Å². The fourth-order valence-corrected chi connectivity index (χ4v) is 2.36. The molecule has 0 bridgehead atoms. The van der Waals surface area contributed by atoms with Crippen LogP contribution in [-0.4, -0.2) is 9.38 Å². The second-order valence-corrected chi connectivity index (χ2v) is 5.10. The molecule has 96 valence electrons. The molecule has 0 atom stereocenters. The molecule has 0 saturated carbocycles. The van der Waals surface area contributed by atoms with Gasteiger partial charge in [-0.1, -0.05) is 29.8 Å². The second kappa shape index (κ2) is 4.28. The number of hydrogen-bond acceptors (Lipinski definition) is 2. The van der Waals surface area contributed by atoms with Crippen LogP contribution in [0.3, 0.4) is 0 Å². The first-order chi connectivity index (χ1) is 9.08. The molecular weight excluding hydrogens is 258 g/mol. The van der Waals surface area contributed by atoms with E-state index in [1.165, 1.54) is 0 Å². The maximum atomic E-state index is 6.19. The number of hydrogen-bond donors (Lipinski definition) is 1. The Morgan fingerprint density at radius 2 is 1.95 bits per heavy atom. The van der Waals surface area contributed by atoms with Gasteiger partial charge in [-0.15, -0.1) is 0 Å². The lowest BCUT2D eigenvalue weighted by molar-refractivity contribution is 1.17. The number of nitrogen functional groups attached to an aromatic ring is 1. The quantitative estimate of drug-likeness (QED) is 0.730. The summed E-state index contributed by atoms with van der Waals surface area (Å²) in [5.41, 5.74) is 10.9. The van der Waals surface area contributed by atoms with Crippen LogP contribution in [0.25, 0.3) is 16.9 Å². The van der Waals surface area contributed by atoms with E-state index in [0.29, 0.717) is 5.82 Å². The standard InChI is InChI=1S/C15H14ClN3/c1-9-5-6-11(8-12(9)16)13-14(17)19-7-3-4-10(2)15(19)18-13/h3-8H,17H2,1-2H3. The Morgan fingerprint density at radius 3 is 2.63 bits per heavy atom. The molecule has 2 N–H and O–H groups in total. The Kier molecular flexibility index (Phi) is 2.72. The summed E-state index contributed by atoms with van der Waals surface area (Å²) in [6, 6.07) is 9.87. The van der Waals surface area contributed by atoms with Gasteiger partial charge >= 0.3 is 0 Å². The molecule has 4 heteroatoms. The zero-order valence-electron chi connectivity index (χ0n) is 10.8. The molecule has 2 aromatic heterocycles. The van der Waals surface area contributed by atoms with Crippen LogP contribution in [-0.2, 0) is 0 Å². The zero-order chi connectivity index (χ0) is 13.6. The number of benzene rings is 1. The summed E-state index contributed by atoms with van der Waals surface area (Å²) in [4.78, 5) is 4.63. The number of aryl methyl sites for hydroxylation is 2. The van der Waals surface area contributed by atoms with Gasteiger partial charge in [-0.3, -0.25) is 4.40 Å². The van der Waals surface area contributed by atoms with Gasteiger partial charge < -0.3 is 5.73 Å². The third-order valence-corrected chi connectivity index (χ3v) is 3.73. The smallest absolute Gasteiger partial charge is 0.142 e. The van der Waals surface area contributed by atoms with Gasteiger partial charge in [0.2, 0.25) is 0 Å². The summed E-state index contributed by atoms with van der Waals surface area (Å²) in [6.45, 7) is 4.00. The minimum atomic E-state index is 0.638. The molecule has 2 heterocycles. The molecule has 3 nitrogen and oxygen atoms in total. The van der Waals surface area contributed by atoms with Crippen molar-refractivity contribution in [3.05, 3.63) is 52.7 Å². The molecule has 0 aliphatic carbocycles.